The summed E-state index contributed by atoms with van der Waals surface area (Å²) in [7, 11) is 0. The van der Waals surface area contributed by atoms with Crippen molar-refractivity contribution in [3.8, 4) is 0 Å². The summed E-state index contributed by atoms with van der Waals surface area (Å²) >= 11 is 0. The average Bonchev–Trinajstić information content (AvgIpc) is 3.06. The second-order valence-corrected chi connectivity index (χ2v) is 6.57. The molecule has 4 unspecified atom stereocenters. The van der Waals surface area contributed by atoms with Crippen molar-refractivity contribution >= 4 is 5.96 Å². The van der Waals surface area contributed by atoms with Crippen LogP contribution in [0.3, 0.4) is 0 Å². The minimum absolute atomic E-state index is 0.0459. The maximum atomic E-state index is 10.2. The summed E-state index contributed by atoms with van der Waals surface area (Å²) in [4.78, 5) is 4.71. The normalized spacial score (nSPS) is 38.9. The van der Waals surface area contributed by atoms with Crippen LogP contribution in [-0.2, 0) is 0 Å². The lowest BCUT2D eigenvalue weighted by atomic mass is 9.73. The first-order valence-corrected chi connectivity index (χ1v) is 7.78. The molecular weight excluding hydrogens is 238 g/mol. The molecule has 0 aromatic rings. The molecule has 2 aliphatic carbocycles. The highest BCUT2D eigenvalue weighted by Crippen LogP contribution is 2.36. The third kappa shape index (κ3) is 3.85. The first kappa shape index (κ1) is 14.6. The number of aliphatic hydroxyl groups excluding tert-OH is 1. The van der Waals surface area contributed by atoms with E-state index in [1.807, 2.05) is 0 Å². The van der Waals surface area contributed by atoms with E-state index in [2.05, 4.69) is 31.4 Å². The highest BCUT2D eigenvalue weighted by Gasteiger charge is 2.36. The Morgan fingerprint density at radius 1 is 1.42 bits per heavy atom. The van der Waals surface area contributed by atoms with Crippen molar-refractivity contribution in [1.82, 2.24) is 10.6 Å². The molecule has 4 heteroatoms. The lowest BCUT2D eigenvalue weighted by Crippen LogP contribution is -2.42. The van der Waals surface area contributed by atoms with Gasteiger partial charge in [-0.3, -0.25) is 4.99 Å². The van der Waals surface area contributed by atoms with Gasteiger partial charge in [-0.15, -0.1) is 0 Å². The van der Waals surface area contributed by atoms with Gasteiger partial charge in [-0.1, -0.05) is 26.7 Å². The van der Waals surface area contributed by atoms with E-state index in [9.17, 15) is 5.11 Å². The van der Waals surface area contributed by atoms with Crippen LogP contribution < -0.4 is 10.6 Å². The molecule has 110 valence electrons. The molecule has 4 nitrogen and oxygen atoms in total. The first-order valence-electron chi connectivity index (χ1n) is 7.78. The van der Waals surface area contributed by atoms with Gasteiger partial charge in [0, 0.05) is 18.0 Å². The summed E-state index contributed by atoms with van der Waals surface area (Å²) in [6.45, 7) is 8.11. The molecule has 0 radical (unpaired) electrons. The maximum Gasteiger partial charge on any atom is 0.191 e. The third-order valence-electron chi connectivity index (χ3n) is 4.65. The molecule has 3 N–H and O–H groups in total. The van der Waals surface area contributed by atoms with Crippen molar-refractivity contribution in [2.45, 2.75) is 65.0 Å². The minimum atomic E-state index is -0.201. The summed E-state index contributed by atoms with van der Waals surface area (Å²) in [5.41, 5.74) is -0.0459. The molecule has 0 bridgehead atoms. The van der Waals surface area contributed by atoms with Crippen LogP contribution >= 0.6 is 0 Å². The number of nitrogens with one attached hydrogen (secondary N) is 2. The predicted octanol–water partition coefficient (Wildman–Crippen LogP) is 1.89. The number of rotatable bonds is 4. The van der Waals surface area contributed by atoms with Crippen molar-refractivity contribution in [2.75, 3.05) is 13.1 Å². The van der Waals surface area contributed by atoms with Crippen LogP contribution in [0.5, 0.6) is 0 Å². The molecule has 2 saturated carbocycles. The second-order valence-electron chi connectivity index (χ2n) is 6.57. The van der Waals surface area contributed by atoms with Crippen molar-refractivity contribution in [2.24, 2.45) is 16.3 Å². The van der Waals surface area contributed by atoms with E-state index < -0.39 is 0 Å². The lowest BCUT2D eigenvalue weighted by Gasteiger charge is -2.37. The molecule has 0 spiro atoms. The number of hydrogen-bond acceptors (Lipinski definition) is 2. The van der Waals surface area contributed by atoms with E-state index in [0.29, 0.717) is 12.6 Å². The van der Waals surface area contributed by atoms with Gasteiger partial charge in [0.25, 0.3) is 0 Å². The van der Waals surface area contributed by atoms with Crippen LogP contribution in [0.2, 0.25) is 0 Å². The van der Waals surface area contributed by atoms with E-state index in [4.69, 9.17) is 4.99 Å². The number of aliphatic imine (C=N–C) groups is 1. The first-order chi connectivity index (χ1) is 9.05. The van der Waals surface area contributed by atoms with Crippen LogP contribution in [0, 0.1) is 11.3 Å². The Kier molecular flexibility index (Phi) is 4.71. The Balaban J connectivity index is 1.92. The molecule has 0 heterocycles. The van der Waals surface area contributed by atoms with Gasteiger partial charge in [-0.05, 0) is 32.1 Å². The van der Waals surface area contributed by atoms with Crippen LogP contribution in [0.1, 0.15) is 52.9 Å². The Morgan fingerprint density at radius 3 is 2.74 bits per heavy atom. The molecule has 2 rings (SSSR count). The topological polar surface area (TPSA) is 56.7 Å². The number of aliphatic hydroxyl groups is 1. The quantitative estimate of drug-likeness (QED) is 0.538. The minimum Gasteiger partial charge on any atom is -0.392 e. The molecule has 0 amide bonds. The van der Waals surface area contributed by atoms with Gasteiger partial charge in [0.05, 0.1) is 12.6 Å². The molecule has 0 aromatic heterocycles. The second kappa shape index (κ2) is 6.12. The van der Waals surface area contributed by atoms with Crippen molar-refractivity contribution < 1.29 is 5.11 Å². The van der Waals surface area contributed by atoms with Crippen LogP contribution in [0.15, 0.2) is 4.99 Å². The Bertz CT molecular complexity index is 331. The van der Waals surface area contributed by atoms with E-state index in [1.54, 1.807) is 0 Å². The zero-order valence-electron chi connectivity index (χ0n) is 12.6. The van der Waals surface area contributed by atoms with Gasteiger partial charge in [0.2, 0.25) is 0 Å². The Hall–Kier alpha value is -0.770. The van der Waals surface area contributed by atoms with E-state index in [-0.39, 0.29) is 11.5 Å². The molecule has 2 fully saturated rings. The van der Waals surface area contributed by atoms with Crippen molar-refractivity contribution in [1.29, 1.82) is 0 Å². The molecular formula is C15H29N3O. The van der Waals surface area contributed by atoms with Crippen LogP contribution in [0.25, 0.3) is 0 Å². The zero-order chi connectivity index (χ0) is 13.9. The molecule has 2 aliphatic rings. The highest BCUT2D eigenvalue weighted by molar-refractivity contribution is 5.80. The van der Waals surface area contributed by atoms with Gasteiger partial charge < -0.3 is 15.7 Å². The zero-order valence-corrected chi connectivity index (χ0v) is 12.6. The SMILES string of the molecule is CCNC(=NCC1(C)CCCCC1O)NC1CC1C. The fraction of sp³-hybridized carbons (Fsp3) is 0.933. The number of guanidine groups is 1. The van der Waals surface area contributed by atoms with Gasteiger partial charge in [-0.25, -0.2) is 0 Å². The third-order valence-corrected chi connectivity index (χ3v) is 4.65. The molecule has 0 aliphatic heterocycles. The monoisotopic (exact) mass is 267 g/mol. The van der Waals surface area contributed by atoms with Gasteiger partial charge in [0.1, 0.15) is 0 Å². The van der Waals surface area contributed by atoms with Crippen LogP contribution in [-0.4, -0.2) is 36.3 Å². The Labute approximate surface area is 117 Å². The molecule has 0 saturated heterocycles. The van der Waals surface area contributed by atoms with Crippen molar-refractivity contribution in [3.63, 3.8) is 0 Å². The van der Waals surface area contributed by atoms with Crippen molar-refractivity contribution in [3.05, 3.63) is 0 Å². The smallest absolute Gasteiger partial charge is 0.191 e. The summed E-state index contributed by atoms with van der Waals surface area (Å²) in [6, 6.07) is 0.585. The molecule has 19 heavy (non-hydrogen) atoms. The molecule has 0 aromatic carbocycles. The maximum absolute atomic E-state index is 10.2. The lowest BCUT2D eigenvalue weighted by molar-refractivity contribution is 0.00716. The van der Waals surface area contributed by atoms with Gasteiger partial charge in [-0.2, -0.15) is 0 Å². The highest BCUT2D eigenvalue weighted by atomic mass is 16.3. The van der Waals surface area contributed by atoms with Gasteiger partial charge in [0.15, 0.2) is 5.96 Å². The summed E-state index contributed by atoms with van der Waals surface area (Å²) in [5, 5.41) is 17.0. The standard InChI is InChI=1S/C15H29N3O/c1-4-16-14(18-12-9-11(12)2)17-10-15(3)8-6-5-7-13(15)19/h11-13,19H,4-10H2,1-3H3,(H2,16,17,18). The summed E-state index contributed by atoms with van der Waals surface area (Å²) < 4.78 is 0. The number of nitrogens with zero attached hydrogens (tertiary/aromatic N) is 1. The summed E-state index contributed by atoms with van der Waals surface area (Å²) in [6.07, 6.45) is 5.41. The summed E-state index contributed by atoms with van der Waals surface area (Å²) in [5.74, 6) is 1.68. The van der Waals surface area contributed by atoms with E-state index in [1.165, 1.54) is 12.8 Å². The fourth-order valence-electron chi connectivity index (χ4n) is 2.84. The van der Waals surface area contributed by atoms with E-state index >= 15 is 0 Å². The Morgan fingerprint density at radius 2 is 2.16 bits per heavy atom. The van der Waals surface area contributed by atoms with Gasteiger partial charge >= 0.3 is 0 Å². The van der Waals surface area contributed by atoms with E-state index in [0.717, 1.165) is 37.7 Å². The predicted molar refractivity (Wildman–Crippen MR) is 79.3 cm³/mol. The number of hydrogen-bond donors (Lipinski definition) is 3. The fourth-order valence-corrected chi connectivity index (χ4v) is 2.84. The largest absolute Gasteiger partial charge is 0.392 e. The molecule has 4 atom stereocenters. The average molecular weight is 267 g/mol. The van der Waals surface area contributed by atoms with Crippen LogP contribution in [0.4, 0.5) is 0 Å².